The van der Waals surface area contributed by atoms with Gasteiger partial charge in [0.25, 0.3) is 0 Å². The Morgan fingerprint density at radius 3 is 2.50 bits per heavy atom. The number of allylic oxidation sites excluding steroid dienone is 2. The van der Waals surface area contributed by atoms with Gasteiger partial charge in [-0.1, -0.05) is 26.0 Å². The normalized spacial score (nSPS) is 24.4. The zero-order valence-electron chi connectivity index (χ0n) is 15.5. The highest BCUT2D eigenvalue weighted by Crippen LogP contribution is 2.47. The number of ether oxygens (including phenoxy) is 1. The van der Waals surface area contributed by atoms with E-state index in [1.165, 1.54) is 7.11 Å². The lowest BCUT2D eigenvalue weighted by Crippen LogP contribution is -2.35. The summed E-state index contributed by atoms with van der Waals surface area (Å²) in [6.45, 7) is 5.98. The second kappa shape index (κ2) is 6.53. The molecule has 1 heterocycles. The summed E-state index contributed by atoms with van der Waals surface area (Å²) in [5.41, 5.74) is 3.36. The van der Waals surface area contributed by atoms with Crippen LogP contribution in [0.2, 0.25) is 0 Å². The van der Waals surface area contributed by atoms with Crippen LogP contribution in [0.4, 0.5) is 0 Å². The van der Waals surface area contributed by atoms with Crippen molar-refractivity contribution in [3.63, 3.8) is 0 Å². The standard InChI is InChI=1S/C21H22N2O3/c1-12-15(11-22)18(13-5-7-14(8-6-13)20(25)26-4)19-16(23-12)9-21(2,3)10-17(19)24/h5-8,15,18H,9-10H2,1-4H3/t15?,18-/m1/s1. The third kappa shape index (κ3) is 3.08. The van der Waals surface area contributed by atoms with Crippen molar-refractivity contribution in [1.82, 2.24) is 0 Å². The molecule has 134 valence electrons. The van der Waals surface area contributed by atoms with E-state index in [1.54, 1.807) is 24.3 Å². The largest absolute Gasteiger partial charge is 0.465 e. The van der Waals surface area contributed by atoms with Crippen molar-refractivity contribution >= 4 is 17.5 Å². The number of ketones is 1. The molecule has 1 aliphatic carbocycles. The molecule has 1 aromatic carbocycles. The molecule has 1 aromatic rings. The average Bonchev–Trinajstić information content (AvgIpc) is 2.59. The lowest BCUT2D eigenvalue weighted by atomic mass is 9.67. The number of Topliss-reactive ketones (excluding diaryl/α,β-unsaturated/α-hetero) is 1. The van der Waals surface area contributed by atoms with Crippen molar-refractivity contribution in [1.29, 1.82) is 5.26 Å². The molecule has 5 heteroatoms. The van der Waals surface area contributed by atoms with E-state index in [4.69, 9.17) is 4.74 Å². The minimum absolute atomic E-state index is 0.0646. The molecule has 2 aliphatic rings. The molecular weight excluding hydrogens is 328 g/mol. The second-order valence-electron chi connectivity index (χ2n) is 7.75. The summed E-state index contributed by atoms with van der Waals surface area (Å²) in [5.74, 6) is -1.18. The van der Waals surface area contributed by atoms with Crippen molar-refractivity contribution in [3.8, 4) is 6.07 Å². The van der Waals surface area contributed by atoms with Gasteiger partial charge in [0.15, 0.2) is 5.78 Å². The monoisotopic (exact) mass is 350 g/mol. The molecule has 0 amide bonds. The van der Waals surface area contributed by atoms with E-state index in [9.17, 15) is 14.9 Å². The number of esters is 1. The van der Waals surface area contributed by atoms with Crippen molar-refractivity contribution < 1.29 is 14.3 Å². The zero-order chi connectivity index (χ0) is 19.1. The van der Waals surface area contributed by atoms with Gasteiger partial charge in [-0.15, -0.1) is 0 Å². The lowest BCUT2D eigenvalue weighted by Gasteiger charge is -2.37. The SMILES string of the molecule is COC(=O)c1ccc([C@H]2C3=C(CC(C)(C)CC3=O)N=C(C)C2C#N)cc1. The number of nitrogens with zero attached hydrogens (tertiary/aromatic N) is 2. The van der Waals surface area contributed by atoms with Crippen LogP contribution in [0.1, 0.15) is 55.5 Å². The van der Waals surface area contributed by atoms with Gasteiger partial charge < -0.3 is 4.74 Å². The minimum Gasteiger partial charge on any atom is -0.465 e. The summed E-state index contributed by atoms with van der Waals surface area (Å²) in [4.78, 5) is 29.2. The number of rotatable bonds is 2. The van der Waals surface area contributed by atoms with Gasteiger partial charge in [-0.05, 0) is 36.5 Å². The molecule has 26 heavy (non-hydrogen) atoms. The third-order valence-corrected chi connectivity index (χ3v) is 5.13. The van der Waals surface area contributed by atoms with E-state index < -0.39 is 11.9 Å². The van der Waals surface area contributed by atoms with Crippen LogP contribution in [-0.4, -0.2) is 24.6 Å². The summed E-state index contributed by atoms with van der Waals surface area (Å²) in [6, 6.07) is 9.27. The molecule has 0 saturated carbocycles. The minimum atomic E-state index is -0.483. The van der Waals surface area contributed by atoms with Gasteiger partial charge in [-0.3, -0.25) is 9.79 Å². The van der Waals surface area contributed by atoms with Gasteiger partial charge in [0.1, 0.15) is 0 Å². The Balaban J connectivity index is 2.10. The van der Waals surface area contributed by atoms with E-state index in [0.29, 0.717) is 17.6 Å². The Kier molecular flexibility index (Phi) is 4.53. The Hall–Kier alpha value is -2.74. The summed E-state index contributed by atoms with van der Waals surface area (Å²) in [7, 11) is 1.34. The first-order chi connectivity index (χ1) is 12.3. The quantitative estimate of drug-likeness (QED) is 0.760. The van der Waals surface area contributed by atoms with Crippen molar-refractivity contribution in [2.45, 2.75) is 39.5 Å². The molecule has 0 aromatic heterocycles. The summed E-state index contributed by atoms with van der Waals surface area (Å²) < 4.78 is 4.73. The van der Waals surface area contributed by atoms with Crippen LogP contribution in [-0.2, 0) is 9.53 Å². The topological polar surface area (TPSA) is 79.5 Å². The molecule has 0 fully saturated rings. The predicted octanol–water partition coefficient (Wildman–Crippen LogP) is 3.81. The molecule has 0 spiro atoms. The maximum atomic E-state index is 12.9. The molecule has 3 rings (SSSR count). The molecule has 1 unspecified atom stereocenters. The fraction of sp³-hybridized carbons (Fsp3) is 0.429. The van der Waals surface area contributed by atoms with Crippen molar-refractivity contribution in [2.75, 3.05) is 7.11 Å². The van der Waals surface area contributed by atoms with Gasteiger partial charge in [0, 0.05) is 29.3 Å². The first-order valence-corrected chi connectivity index (χ1v) is 8.67. The van der Waals surface area contributed by atoms with Crippen LogP contribution in [0.25, 0.3) is 0 Å². The third-order valence-electron chi connectivity index (χ3n) is 5.13. The highest BCUT2D eigenvalue weighted by atomic mass is 16.5. The van der Waals surface area contributed by atoms with E-state index in [-0.39, 0.29) is 17.1 Å². The molecular formula is C21H22N2O3. The number of benzene rings is 1. The summed E-state index contributed by atoms with van der Waals surface area (Å²) in [5, 5.41) is 9.71. The number of aliphatic imine (C=N–C) groups is 1. The fourth-order valence-electron chi connectivity index (χ4n) is 3.92. The van der Waals surface area contributed by atoms with E-state index >= 15 is 0 Å². The van der Waals surface area contributed by atoms with Crippen LogP contribution in [0.15, 0.2) is 40.5 Å². The Morgan fingerprint density at radius 1 is 1.27 bits per heavy atom. The first kappa shape index (κ1) is 18.1. The molecule has 1 aliphatic heterocycles. The summed E-state index contributed by atoms with van der Waals surface area (Å²) >= 11 is 0. The molecule has 0 saturated heterocycles. The molecule has 0 N–H and O–H groups in total. The van der Waals surface area contributed by atoms with Crippen molar-refractivity contribution in [2.24, 2.45) is 16.3 Å². The smallest absolute Gasteiger partial charge is 0.337 e. The highest BCUT2D eigenvalue weighted by molar-refractivity contribution is 6.03. The van der Waals surface area contributed by atoms with Gasteiger partial charge in [0.2, 0.25) is 0 Å². The fourth-order valence-corrected chi connectivity index (χ4v) is 3.92. The number of carbonyl (C=O) groups excluding carboxylic acids is 2. The number of nitriles is 1. The van der Waals surface area contributed by atoms with Gasteiger partial charge >= 0.3 is 5.97 Å². The Morgan fingerprint density at radius 2 is 1.92 bits per heavy atom. The van der Waals surface area contributed by atoms with Crippen molar-refractivity contribution in [3.05, 3.63) is 46.7 Å². The number of hydrogen-bond donors (Lipinski definition) is 0. The molecule has 5 nitrogen and oxygen atoms in total. The van der Waals surface area contributed by atoms with Crippen LogP contribution >= 0.6 is 0 Å². The first-order valence-electron chi connectivity index (χ1n) is 8.67. The molecule has 2 atom stereocenters. The molecule has 0 bridgehead atoms. The maximum Gasteiger partial charge on any atom is 0.337 e. The van der Waals surface area contributed by atoms with Gasteiger partial charge in [-0.25, -0.2) is 4.79 Å². The lowest BCUT2D eigenvalue weighted by molar-refractivity contribution is -0.118. The molecule has 0 radical (unpaired) electrons. The van der Waals surface area contributed by atoms with Crippen LogP contribution in [0, 0.1) is 22.7 Å². The number of carbonyl (C=O) groups is 2. The van der Waals surface area contributed by atoms with Gasteiger partial charge in [-0.2, -0.15) is 5.26 Å². The van der Waals surface area contributed by atoms with Crippen LogP contribution in [0.5, 0.6) is 0 Å². The zero-order valence-corrected chi connectivity index (χ0v) is 15.5. The van der Waals surface area contributed by atoms with E-state index in [0.717, 1.165) is 23.4 Å². The number of methoxy groups -OCH3 is 1. The van der Waals surface area contributed by atoms with Gasteiger partial charge in [0.05, 0.1) is 24.7 Å². The van der Waals surface area contributed by atoms with Crippen LogP contribution in [0.3, 0.4) is 0 Å². The highest BCUT2D eigenvalue weighted by Gasteiger charge is 2.43. The predicted molar refractivity (Wildman–Crippen MR) is 97.8 cm³/mol. The van der Waals surface area contributed by atoms with E-state index in [2.05, 4.69) is 24.9 Å². The van der Waals surface area contributed by atoms with Crippen LogP contribution < -0.4 is 0 Å². The number of hydrogen-bond acceptors (Lipinski definition) is 5. The second-order valence-corrected chi connectivity index (χ2v) is 7.75. The Labute approximate surface area is 153 Å². The van der Waals surface area contributed by atoms with E-state index in [1.807, 2.05) is 6.92 Å². The summed E-state index contributed by atoms with van der Waals surface area (Å²) in [6.07, 6.45) is 1.18. The maximum absolute atomic E-state index is 12.9. The Bertz CT molecular complexity index is 870. The average molecular weight is 350 g/mol.